The lowest BCUT2D eigenvalue weighted by Gasteiger charge is -2.28. The molecule has 2 atom stereocenters. The molecule has 2 aliphatic rings. The Morgan fingerprint density at radius 3 is 2.86 bits per heavy atom. The van der Waals surface area contributed by atoms with Crippen LogP contribution in [0.5, 0.6) is 0 Å². The molecule has 1 aromatic heterocycles. The zero-order valence-electron chi connectivity index (χ0n) is 13.2. The number of hydrogen-bond acceptors (Lipinski definition) is 5. The van der Waals surface area contributed by atoms with Gasteiger partial charge in [-0.2, -0.15) is 0 Å². The average Bonchev–Trinajstić information content (AvgIpc) is 3.27. The number of carbonyl (C=O) groups is 1. The summed E-state index contributed by atoms with van der Waals surface area (Å²) in [7, 11) is 1.74. The second-order valence-electron chi connectivity index (χ2n) is 6.22. The van der Waals surface area contributed by atoms with Gasteiger partial charge in [-0.3, -0.25) is 9.48 Å². The molecule has 0 bridgehead atoms. The van der Waals surface area contributed by atoms with Crippen LogP contribution in [0.25, 0.3) is 0 Å². The van der Waals surface area contributed by atoms with E-state index in [0.717, 1.165) is 26.1 Å². The molecule has 7 heteroatoms. The third-order valence-corrected chi connectivity index (χ3v) is 4.72. The number of rotatable bonds is 6. The van der Waals surface area contributed by atoms with Gasteiger partial charge >= 0.3 is 0 Å². The number of methoxy groups -OCH3 is 1. The lowest BCUT2D eigenvalue weighted by molar-refractivity contribution is -0.132. The highest BCUT2D eigenvalue weighted by atomic mass is 16.5. The SMILES string of the molecule is CO[C@H]1C[C@@H](CN2CCCC2)N(C(=O)CCn2ccnn2)C1. The second-order valence-corrected chi connectivity index (χ2v) is 6.22. The first kappa shape index (κ1) is 15.4. The molecule has 1 amide bonds. The smallest absolute Gasteiger partial charge is 0.224 e. The summed E-state index contributed by atoms with van der Waals surface area (Å²) >= 11 is 0. The fraction of sp³-hybridized carbons (Fsp3) is 0.800. The summed E-state index contributed by atoms with van der Waals surface area (Å²) in [5.74, 6) is 0.194. The number of amides is 1. The Balaban J connectivity index is 1.56. The van der Waals surface area contributed by atoms with Gasteiger partial charge in [0.15, 0.2) is 0 Å². The van der Waals surface area contributed by atoms with Crippen molar-refractivity contribution in [3.05, 3.63) is 12.4 Å². The highest BCUT2D eigenvalue weighted by Gasteiger charge is 2.36. The normalized spacial score (nSPS) is 26.0. The molecule has 0 spiro atoms. The Labute approximate surface area is 131 Å². The minimum Gasteiger partial charge on any atom is -0.380 e. The quantitative estimate of drug-likeness (QED) is 0.760. The highest BCUT2D eigenvalue weighted by Crippen LogP contribution is 2.23. The third-order valence-electron chi connectivity index (χ3n) is 4.72. The van der Waals surface area contributed by atoms with E-state index in [1.54, 1.807) is 24.2 Å². The summed E-state index contributed by atoms with van der Waals surface area (Å²) in [5.41, 5.74) is 0. The van der Waals surface area contributed by atoms with Crippen LogP contribution >= 0.6 is 0 Å². The molecule has 22 heavy (non-hydrogen) atoms. The minimum absolute atomic E-state index is 0.169. The summed E-state index contributed by atoms with van der Waals surface area (Å²) < 4.78 is 7.20. The third kappa shape index (κ3) is 3.64. The zero-order valence-corrected chi connectivity index (χ0v) is 13.2. The molecule has 0 unspecified atom stereocenters. The van der Waals surface area contributed by atoms with Gasteiger partial charge in [0.1, 0.15) is 0 Å². The standard InChI is InChI=1S/C15H25N5O2/c1-22-14-10-13(11-18-6-2-3-7-18)20(12-14)15(21)4-8-19-9-5-16-17-19/h5,9,13-14H,2-4,6-8,10-12H2,1H3/t13-,14-/m0/s1. The van der Waals surface area contributed by atoms with Gasteiger partial charge in [-0.05, 0) is 32.4 Å². The van der Waals surface area contributed by atoms with Crippen LogP contribution in [0, 0.1) is 0 Å². The summed E-state index contributed by atoms with van der Waals surface area (Å²) in [4.78, 5) is 17.1. The Morgan fingerprint density at radius 2 is 2.18 bits per heavy atom. The van der Waals surface area contributed by atoms with Gasteiger partial charge in [-0.15, -0.1) is 5.10 Å². The van der Waals surface area contributed by atoms with Crippen LogP contribution in [0.3, 0.4) is 0 Å². The maximum atomic E-state index is 12.6. The summed E-state index contributed by atoms with van der Waals surface area (Å²) in [6.07, 6.45) is 7.57. The van der Waals surface area contributed by atoms with E-state index in [9.17, 15) is 4.79 Å². The fourth-order valence-electron chi connectivity index (χ4n) is 3.49. The molecule has 2 aliphatic heterocycles. The van der Waals surface area contributed by atoms with Crippen LogP contribution in [0.15, 0.2) is 12.4 Å². The van der Waals surface area contributed by atoms with Crippen LogP contribution in [0.2, 0.25) is 0 Å². The maximum absolute atomic E-state index is 12.6. The number of hydrogen-bond donors (Lipinski definition) is 0. The molecule has 3 heterocycles. The summed E-state index contributed by atoms with van der Waals surface area (Å²) in [6.45, 7) is 4.60. The molecule has 122 valence electrons. The molecule has 0 N–H and O–H groups in total. The minimum atomic E-state index is 0.169. The molecular weight excluding hydrogens is 282 g/mol. The van der Waals surface area contributed by atoms with E-state index in [1.165, 1.54) is 12.8 Å². The molecule has 7 nitrogen and oxygen atoms in total. The number of nitrogens with zero attached hydrogens (tertiary/aromatic N) is 5. The predicted molar refractivity (Wildman–Crippen MR) is 81.2 cm³/mol. The Kier molecular flexibility index (Phi) is 5.04. The molecule has 2 saturated heterocycles. The Bertz CT molecular complexity index is 472. The largest absolute Gasteiger partial charge is 0.380 e. The molecule has 0 aliphatic carbocycles. The van der Waals surface area contributed by atoms with E-state index < -0.39 is 0 Å². The van der Waals surface area contributed by atoms with Gasteiger partial charge < -0.3 is 14.5 Å². The molecule has 2 fully saturated rings. The maximum Gasteiger partial charge on any atom is 0.224 e. The van der Waals surface area contributed by atoms with E-state index >= 15 is 0 Å². The van der Waals surface area contributed by atoms with Crippen LogP contribution in [-0.2, 0) is 16.1 Å². The van der Waals surface area contributed by atoms with Gasteiger partial charge in [0.2, 0.25) is 5.91 Å². The molecule has 3 rings (SSSR count). The lowest BCUT2D eigenvalue weighted by atomic mass is 10.2. The highest BCUT2D eigenvalue weighted by molar-refractivity contribution is 5.76. The van der Waals surface area contributed by atoms with Gasteiger partial charge in [0, 0.05) is 38.9 Å². The fourth-order valence-corrected chi connectivity index (χ4v) is 3.49. The van der Waals surface area contributed by atoms with Crippen LogP contribution < -0.4 is 0 Å². The summed E-state index contributed by atoms with van der Waals surface area (Å²) in [5, 5.41) is 7.68. The number of aryl methyl sites for hydroxylation is 1. The van der Waals surface area contributed by atoms with Crippen molar-refractivity contribution in [1.82, 2.24) is 24.8 Å². The van der Waals surface area contributed by atoms with Gasteiger partial charge in [0.05, 0.1) is 18.8 Å². The van der Waals surface area contributed by atoms with Gasteiger partial charge in [0.25, 0.3) is 0 Å². The van der Waals surface area contributed by atoms with Crippen molar-refractivity contribution >= 4 is 5.91 Å². The van der Waals surface area contributed by atoms with E-state index in [0.29, 0.717) is 19.5 Å². The number of ether oxygens (including phenoxy) is 1. The Morgan fingerprint density at radius 1 is 1.36 bits per heavy atom. The van der Waals surface area contributed by atoms with Crippen molar-refractivity contribution in [2.45, 2.75) is 44.4 Å². The van der Waals surface area contributed by atoms with Crippen LogP contribution in [0.1, 0.15) is 25.7 Å². The first-order chi connectivity index (χ1) is 10.8. The molecular formula is C15H25N5O2. The average molecular weight is 307 g/mol. The van der Waals surface area contributed by atoms with E-state index in [-0.39, 0.29) is 18.1 Å². The van der Waals surface area contributed by atoms with E-state index in [1.807, 2.05) is 4.90 Å². The first-order valence-corrected chi connectivity index (χ1v) is 8.15. The first-order valence-electron chi connectivity index (χ1n) is 8.15. The lowest BCUT2D eigenvalue weighted by Crippen LogP contribution is -2.42. The van der Waals surface area contributed by atoms with Crippen molar-refractivity contribution in [2.75, 3.05) is 33.3 Å². The van der Waals surface area contributed by atoms with Crippen LogP contribution in [-0.4, -0.2) is 76.1 Å². The molecule has 0 aromatic carbocycles. The molecule has 0 saturated carbocycles. The van der Waals surface area contributed by atoms with Gasteiger partial charge in [-0.25, -0.2) is 0 Å². The number of likely N-dealkylation sites (tertiary alicyclic amines) is 2. The van der Waals surface area contributed by atoms with Crippen molar-refractivity contribution in [3.8, 4) is 0 Å². The molecule has 1 aromatic rings. The van der Waals surface area contributed by atoms with Crippen molar-refractivity contribution in [2.24, 2.45) is 0 Å². The number of aromatic nitrogens is 3. The van der Waals surface area contributed by atoms with Crippen molar-refractivity contribution in [1.29, 1.82) is 0 Å². The second kappa shape index (κ2) is 7.19. The van der Waals surface area contributed by atoms with Crippen molar-refractivity contribution < 1.29 is 9.53 Å². The Hall–Kier alpha value is -1.47. The zero-order chi connectivity index (χ0) is 15.4. The molecule has 0 radical (unpaired) electrons. The number of carbonyl (C=O) groups excluding carboxylic acids is 1. The van der Waals surface area contributed by atoms with Crippen LogP contribution in [0.4, 0.5) is 0 Å². The van der Waals surface area contributed by atoms with Crippen molar-refractivity contribution in [3.63, 3.8) is 0 Å². The predicted octanol–water partition coefficient (Wildman–Crippen LogP) is 0.380. The summed E-state index contributed by atoms with van der Waals surface area (Å²) in [6, 6.07) is 0.284. The van der Waals surface area contributed by atoms with E-state index in [4.69, 9.17) is 4.74 Å². The van der Waals surface area contributed by atoms with E-state index in [2.05, 4.69) is 15.2 Å². The van der Waals surface area contributed by atoms with Gasteiger partial charge in [-0.1, -0.05) is 5.21 Å². The monoisotopic (exact) mass is 307 g/mol. The topological polar surface area (TPSA) is 63.5 Å².